The third kappa shape index (κ3) is 4.75. The average molecular weight is 295 g/mol. The molecule has 1 aliphatic rings. The number of aliphatic carboxylic acids is 1. The van der Waals surface area contributed by atoms with Crippen molar-refractivity contribution in [1.29, 1.82) is 0 Å². The van der Waals surface area contributed by atoms with E-state index in [1.807, 2.05) is 7.05 Å². The average Bonchev–Trinajstić information content (AvgIpc) is 3.07. The molecule has 0 saturated carbocycles. The molecule has 1 aromatic rings. The van der Waals surface area contributed by atoms with Crippen LogP contribution in [0.5, 0.6) is 0 Å². The number of carbonyl (C=O) groups excluding carboxylic acids is 1. The van der Waals surface area contributed by atoms with Crippen molar-refractivity contribution in [2.75, 3.05) is 26.7 Å². The summed E-state index contributed by atoms with van der Waals surface area (Å²) in [6.45, 7) is 2.55. The first-order valence-electron chi connectivity index (χ1n) is 6.97. The Labute approximate surface area is 122 Å². The zero-order chi connectivity index (χ0) is 15.2. The standard InChI is InChI=1S/C13H21N5O3/c1-18-3-2-9(7-18)5-15-13(21)17-11(12(19)20)4-10-6-14-8-16-10/h6,8-9,11H,2-5,7H2,1H3,(H,14,16)(H,19,20)(H2,15,17,21)/t9?,11-/m0/s1. The number of rotatable bonds is 6. The summed E-state index contributed by atoms with van der Waals surface area (Å²) in [4.78, 5) is 31.8. The first-order valence-corrected chi connectivity index (χ1v) is 6.97. The number of imidazole rings is 1. The molecule has 0 radical (unpaired) electrons. The van der Waals surface area contributed by atoms with Crippen molar-refractivity contribution in [3.05, 3.63) is 18.2 Å². The predicted molar refractivity (Wildman–Crippen MR) is 75.9 cm³/mol. The second-order valence-corrected chi connectivity index (χ2v) is 5.44. The van der Waals surface area contributed by atoms with Gasteiger partial charge in [0.25, 0.3) is 0 Å². The molecule has 2 rings (SSSR count). The van der Waals surface area contributed by atoms with Gasteiger partial charge in [-0.3, -0.25) is 0 Å². The number of carboxylic acids is 1. The molecular formula is C13H21N5O3. The number of aromatic amines is 1. The van der Waals surface area contributed by atoms with Crippen LogP contribution in [0, 0.1) is 5.92 Å². The lowest BCUT2D eigenvalue weighted by atomic mass is 10.1. The second-order valence-electron chi connectivity index (χ2n) is 5.44. The highest BCUT2D eigenvalue weighted by molar-refractivity contribution is 5.82. The number of amides is 2. The highest BCUT2D eigenvalue weighted by Gasteiger charge is 2.23. The van der Waals surface area contributed by atoms with Crippen molar-refractivity contribution in [2.24, 2.45) is 5.92 Å². The van der Waals surface area contributed by atoms with Crippen molar-refractivity contribution in [2.45, 2.75) is 18.9 Å². The van der Waals surface area contributed by atoms with Crippen molar-refractivity contribution < 1.29 is 14.7 Å². The van der Waals surface area contributed by atoms with Gasteiger partial charge in [0.2, 0.25) is 0 Å². The monoisotopic (exact) mass is 295 g/mol. The number of nitrogens with one attached hydrogen (secondary N) is 3. The lowest BCUT2D eigenvalue weighted by Gasteiger charge is -2.16. The lowest BCUT2D eigenvalue weighted by Crippen LogP contribution is -2.48. The van der Waals surface area contributed by atoms with E-state index in [2.05, 4.69) is 25.5 Å². The molecule has 2 heterocycles. The second kappa shape index (κ2) is 7.07. The Morgan fingerprint density at radius 3 is 3.00 bits per heavy atom. The smallest absolute Gasteiger partial charge is 0.326 e. The summed E-state index contributed by atoms with van der Waals surface area (Å²) in [5.74, 6) is -0.642. The predicted octanol–water partition coefficient (Wildman–Crippen LogP) is -0.344. The Morgan fingerprint density at radius 1 is 1.62 bits per heavy atom. The van der Waals surface area contributed by atoms with Crippen molar-refractivity contribution in [1.82, 2.24) is 25.5 Å². The van der Waals surface area contributed by atoms with E-state index < -0.39 is 18.0 Å². The first-order chi connectivity index (χ1) is 10.0. The third-order valence-electron chi connectivity index (χ3n) is 3.62. The number of hydrogen-bond donors (Lipinski definition) is 4. The molecule has 1 saturated heterocycles. The number of aromatic nitrogens is 2. The zero-order valence-electron chi connectivity index (χ0n) is 12.0. The number of carbonyl (C=O) groups is 2. The van der Waals surface area contributed by atoms with Crippen LogP contribution in [0.1, 0.15) is 12.1 Å². The first kappa shape index (κ1) is 15.3. The van der Waals surface area contributed by atoms with Crippen LogP contribution >= 0.6 is 0 Å². The van der Waals surface area contributed by atoms with Gasteiger partial charge in [-0.15, -0.1) is 0 Å². The van der Waals surface area contributed by atoms with E-state index in [0.717, 1.165) is 19.5 Å². The highest BCUT2D eigenvalue weighted by Crippen LogP contribution is 2.12. The van der Waals surface area contributed by atoms with Gasteiger partial charge in [-0.25, -0.2) is 14.6 Å². The van der Waals surface area contributed by atoms with Gasteiger partial charge in [0.1, 0.15) is 6.04 Å². The minimum absolute atomic E-state index is 0.176. The molecule has 0 aliphatic carbocycles. The minimum Gasteiger partial charge on any atom is -0.480 e. The van der Waals surface area contributed by atoms with Gasteiger partial charge >= 0.3 is 12.0 Å². The zero-order valence-corrected chi connectivity index (χ0v) is 12.0. The van der Waals surface area contributed by atoms with Gasteiger partial charge in [0, 0.05) is 31.4 Å². The Hall–Kier alpha value is -2.09. The number of likely N-dealkylation sites (tertiary alicyclic amines) is 1. The summed E-state index contributed by atoms with van der Waals surface area (Å²) in [6.07, 6.45) is 4.25. The molecule has 21 heavy (non-hydrogen) atoms. The Balaban J connectivity index is 1.77. The maximum Gasteiger partial charge on any atom is 0.326 e. The molecule has 1 unspecified atom stereocenters. The van der Waals surface area contributed by atoms with Crippen LogP contribution in [0.15, 0.2) is 12.5 Å². The number of carboxylic acid groups (broad SMARTS) is 1. The van der Waals surface area contributed by atoms with Crippen LogP contribution in [0.3, 0.4) is 0 Å². The Kier molecular flexibility index (Phi) is 5.15. The molecule has 2 atom stereocenters. The number of hydrogen-bond acceptors (Lipinski definition) is 4. The van der Waals surface area contributed by atoms with Gasteiger partial charge in [-0.2, -0.15) is 0 Å². The van der Waals surface area contributed by atoms with Crippen molar-refractivity contribution >= 4 is 12.0 Å². The van der Waals surface area contributed by atoms with E-state index in [4.69, 9.17) is 5.11 Å². The van der Waals surface area contributed by atoms with Gasteiger partial charge in [-0.1, -0.05) is 0 Å². The van der Waals surface area contributed by atoms with E-state index in [9.17, 15) is 9.59 Å². The largest absolute Gasteiger partial charge is 0.480 e. The molecule has 1 aromatic heterocycles. The summed E-state index contributed by atoms with van der Waals surface area (Å²) in [6, 6.07) is -1.42. The molecule has 2 amide bonds. The third-order valence-corrected chi connectivity index (χ3v) is 3.62. The van der Waals surface area contributed by atoms with E-state index in [1.165, 1.54) is 6.33 Å². The number of nitrogens with zero attached hydrogens (tertiary/aromatic N) is 2. The van der Waals surface area contributed by atoms with Crippen molar-refractivity contribution in [3.63, 3.8) is 0 Å². The molecule has 0 bridgehead atoms. The molecule has 1 aliphatic heterocycles. The van der Waals surface area contributed by atoms with Crippen LogP contribution in [-0.4, -0.2) is 64.7 Å². The van der Waals surface area contributed by atoms with E-state index in [1.54, 1.807) is 6.20 Å². The number of urea groups is 1. The quantitative estimate of drug-likeness (QED) is 0.574. The molecule has 0 spiro atoms. The topological polar surface area (TPSA) is 110 Å². The SMILES string of the molecule is CN1CCC(CNC(=O)N[C@@H](Cc2cnc[nH]2)C(=O)O)C1. The minimum atomic E-state index is -1.07. The van der Waals surface area contributed by atoms with Gasteiger partial charge in [0.15, 0.2) is 0 Å². The maximum atomic E-state index is 11.8. The fraction of sp³-hybridized carbons (Fsp3) is 0.615. The fourth-order valence-corrected chi connectivity index (χ4v) is 2.46. The van der Waals surface area contributed by atoms with Gasteiger partial charge in [0.05, 0.1) is 6.33 Å². The summed E-state index contributed by atoms with van der Waals surface area (Å²) < 4.78 is 0. The summed E-state index contributed by atoms with van der Waals surface area (Å²) in [5, 5.41) is 14.4. The van der Waals surface area contributed by atoms with E-state index in [0.29, 0.717) is 18.2 Å². The number of H-pyrrole nitrogens is 1. The summed E-state index contributed by atoms with van der Waals surface area (Å²) in [5.41, 5.74) is 0.667. The lowest BCUT2D eigenvalue weighted by molar-refractivity contribution is -0.139. The molecule has 8 heteroatoms. The van der Waals surface area contributed by atoms with Crippen LogP contribution in [0.25, 0.3) is 0 Å². The van der Waals surface area contributed by atoms with Gasteiger partial charge < -0.3 is 25.6 Å². The van der Waals surface area contributed by atoms with Gasteiger partial charge in [-0.05, 0) is 25.9 Å². The summed E-state index contributed by atoms with van der Waals surface area (Å²) >= 11 is 0. The van der Waals surface area contributed by atoms with Crippen molar-refractivity contribution in [3.8, 4) is 0 Å². The Morgan fingerprint density at radius 2 is 2.43 bits per heavy atom. The van der Waals surface area contributed by atoms with Crippen LogP contribution in [-0.2, 0) is 11.2 Å². The van der Waals surface area contributed by atoms with E-state index >= 15 is 0 Å². The van der Waals surface area contributed by atoms with Crippen LogP contribution in [0.2, 0.25) is 0 Å². The molecule has 1 fully saturated rings. The molecule has 8 nitrogen and oxygen atoms in total. The highest BCUT2D eigenvalue weighted by atomic mass is 16.4. The molecular weight excluding hydrogens is 274 g/mol. The summed E-state index contributed by atoms with van der Waals surface area (Å²) in [7, 11) is 2.05. The molecule has 4 N–H and O–H groups in total. The Bertz CT molecular complexity index is 476. The van der Waals surface area contributed by atoms with Crippen LogP contribution < -0.4 is 10.6 Å². The van der Waals surface area contributed by atoms with Crippen LogP contribution in [0.4, 0.5) is 4.79 Å². The molecule has 116 valence electrons. The maximum absolute atomic E-state index is 11.8. The van der Waals surface area contributed by atoms with E-state index in [-0.39, 0.29) is 6.42 Å². The normalized spacial score (nSPS) is 20.1. The molecule has 0 aromatic carbocycles. The fourth-order valence-electron chi connectivity index (χ4n) is 2.46.